The number of rotatable bonds is 50. The fourth-order valence-electron chi connectivity index (χ4n) is 7.67. The molecule has 0 aromatic heterocycles. The number of phosphoric ester groups is 1. The van der Waals surface area contributed by atoms with Gasteiger partial charge in [0.15, 0.2) is 0 Å². The number of hydrogen-bond acceptors (Lipinski definition) is 5. The Hall–Kier alpha value is -2.58. The Morgan fingerprint density at radius 1 is 0.507 bits per heavy atom. The molecule has 0 radical (unpaired) electrons. The first kappa shape index (κ1) is 66.4. The zero-order valence-electron chi connectivity index (χ0n) is 45.3. The van der Waals surface area contributed by atoms with Crippen molar-refractivity contribution in [2.24, 2.45) is 0 Å². The number of phosphoric acid groups is 1. The molecular formula is C60H108N2O6P+. The van der Waals surface area contributed by atoms with E-state index >= 15 is 0 Å². The van der Waals surface area contributed by atoms with Gasteiger partial charge in [-0.1, -0.05) is 239 Å². The Kier molecular flexibility index (Phi) is 48.5. The van der Waals surface area contributed by atoms with Crippen molar-refractivity contribution in [3.05, 3.63) is 97.2 Å². The predicted octanol–water partition coefficient (Wildman–Crippen LogP) is 17.0. The molecular weight excluding hydrogens is 876 g/mol. The summed E-state index contributed by atoms with van der Waals surface area (Å²) in [4.78, 5) is 23.3. The summed E-state index contributed by atoms with van der Waals surface area (Å²) in [5.41, 5.74) is 0. The highest BCUT2D eigenvalue weighted by molar-refractivity contribution is 7.47. The zero-order chi connectivity index (χ0) is 50.6. The number of nitrogens with one attached hydrogen (secondary N) is 1. The molecule has 9 heteroatoms. The van der Waals surface area contributed by atoms with Gasteiger partial charge in [-0.15, -0.1) is 0 Å². The van der Waals surface area contributed by atoms with Gasteiger partial charge in [-0.3, -0.25) is 13.8 Å². The smallest absolute Gasteiger partial charge is 0.387 e. The summed E-state index contributed by atoms with van der Waals surface area (Å²) in [6, 6.07) is -0.872. The van der Waals surface area contributed by atoms with Crippen LogP contribution in [0.3, 0.4) is 0 Å². The molecule has 0 heterocycles. The van der Waals surface area contributed by atoms with Gasteiger partial charge in [0, 0.05) is 6.42 Å². The number of unbranched alkanes of at least 4 members (excludes halogenated alkanes) is 23. The maximum Gasteiger partial charge on any atom is 0.472 e. The number of quaternary nitrogens is 1. The zero-order valence-corrected chi connectivity index (χ0v) is 46.2. The number of amides is 1. The van der Waals surface area contributed by atoms with Gasteiger partial charge >= 0.3 is 7.82 Å². The van der Waals surface area contributed by atoms with Crippen molar-refractivity contribution in [1.82, 2.24) is 5.32 Å². The molecule has 1 amide bonds. The molecule has 0 aliphatic carbocycles. The van der Waals surface area contributed by atoms with E-state index in [2.05, 4.69) is 104 Å². The number of nitrogens with zero attached hydrogens (tertiary/aromatic N) is 1. The lowest BCUT2D eigenvalue weighted by Crippen LogP contribution is -2.45. The number of carbonyl (C=O) groups is 1. The Labute approximate surface area is 426 Å². The number of allylic oxidation sites excluding steroid dienone is 15. The third-order valence-electron chi connectivity index (χ3n) is 12.1. The van der Waals surface area contributed by atoms with E-state index in [1.165, 1.54) is 116 Å². The molecule has 0 saturated carbocycles. The van der Waals surface area contributed by atoms with E-state index in [4.69, 9.17) is 9.05 Å². The highest BCUT2D eigenvalue weighted by Crippen LogP contribution is 2.43. The molecule has 0 aliphatic rings. The van der Waals surface area contributed by atoms with E-state index < -0.39 is 20.0 Å². The van der Waals surface area contributed by atoms with Crippen LogP contribution in [0.4, 0.5) is 0 Å². The minimum atomic E-state index is -4.36. The van der Waals surface area contributed by atoms with Crippen molar-refractivity contribution in [1.29, 1.82) is 0 Å². The van der Waals surface area contributed by atoms with Crippen molar-refractivity contribution in [3.8, 4) is 0 Å². The lowest BCUT2D eigenvalue weighted by atomic mass is 10.0. The molecule has 0 aromatic rings. The lowest BCUT2D eigenvalue weighted by Gasteiger charge is -2.25. The van der Waals surface area contributed by atoms with Crippen molar-refractivity contribution in [3.63, 3.8) is 0 Å². The first-order chi connectivity index (χ1) is 33.5. The van der Waals surface area contributed by atoms with Gasteiger partial charge in [-0.2, -0.15) is 0 Å². The van der Waals surface area contributed by atoms with E-state index in [0.717, 1.165) is 89.9 Å². The van der Waals surface area contributed by atoms with Crippen LogP contribution in [-0.2, 0) is 18.4 Å². The maximum absolute atomic E-state index is 13.0. The minimum absolute atomic E-state index is 0.0495. The average Bonchev–Trinajstić information content (AvgIpc) is 3.31. The van der Waals surface area contributed by atoms with Crippen LogP contribution in [0.5, 0.6) is 0 Å². The van der Waals surface area contributed by atoms with Gasteiger partial charge in [0.1, 0.15) is 13.2 Å². The van der Waals surface area contributed by atoms with Crippen LogP contribution < -0.4 is 5.32 Å². The summed E-state index contributed by atoms with van der Waals surface area (Å²) in [7, 11) is 1.54. The average molecular weight is 985 g/mol. The number of carbonyl (C=O) groups excluding carboxylic acids is 1. The van der Waals surface area contributed by atoms with E-state index in [0.29, 0.717) is 17.4 Å². The van der Waals surface area contributed by atoms with Gasteiger partial charge in [-0.25, -0.2) is 4.57 Å². The molecule has 3 atom stereocenters. The van der Waals surface area contributed by atoms with Crippen LogP contribution in [0.2, 0.25) is 0 Å². The molecule has 0 rings (SSSR count). The third kappa shape index (κ3) is 53.1. The highest BCUT2D eigenvalue weighted by atomic mass is 31.2. The quantitative estimate of drug-likeness (QED) is 0.0243. The fourth-order valence-corrected chi connectivity index (χ4v) is 8.40. The van der Waals surface area contributed by atoms with Gasteiger partial charge in [0.05, 0.1) is 39.9 Å². The van der Waals surface area contributed by atoms with Gasteiger partial charge in [-0.05, 0) is 77.0 Å². The first-order valence-electron chi connectivity index (χ1n) is 28.1. The Morgan fingerprint density at radius 3 is 1.28 bits per heavy atom. The largest absolute Gasteiger partial charge is 0.472 e. The lowest BCUT2D eigenvalue weighted by molar-refractivity contribution is -0.870. The van der Waals surface area contributed by atoms with Crippen LogP contribution in [0, 0.1) is 0 Å². The van der Waals surface area contributed by atoms with E-state index in [1.54, 1.807) is 6.08 Å². The number of aliphatic hydroxyl groups is 1. The van der Waals surface area contributed by atoms with Crippen molar-refractivity contribution in [2.45, 2.75) is 238 Å². The summed E-state index contributed by atoms with van der Waals surface area (Å²) >= 11 is 0. The molecule has 398 valence electrons. The molecule has 8 nitrogen and oxygen atoms in total. The second-order valence-corrected chi connectivity index (χ2v) is 21.4. The number of likely N-dealkylation sites (N-methyl/N-ethyl adjacent to an activating group) is 1. The van der Waals surface area contributed by atoms with Crippen LogP contribution in [-0.4, -0.2) is 73.4 Å². The maximum atomic E-state index is 13.0. The van der Waals surface area contributed by atoms with E-state index in [9.17, 15) is 19.4 Å². The van der Waals surface area contributed by atoms with E-state index in [-0.39, 0.29) is 19.1 Å². The van der Waals surface area contributed by atoms with Gasteiger partial charge in [0.2, 0.25) is 5.91 Å². The predicted molar refractivity (Wildman–Crippen MR) is 299 cm³/mol. The van der Waals surface area contributed by atoms with Gasteiger partial charge < -0.3 is 19.8 Å². The fraction of sp³-hybridized carbons (Fsp3) is 0.717. The van der Waals surface area contributed by atoms with Crippen LogP contribution >= 0.6 is 7.82 Å². The molecule has 0 fully saturated rings. The Balaban J connectivity index is 4.36. The molecule has 0 aromatic carbocycles. The Morgan fingerprint density at radius 2 is 0.870 bits per heavy atom. The molecule has 3 N–H and O–H groups in total. The second-order valence-electron chi connectivity index (χ2n) is 19.9. The molecule has 3 unspecified atom stereocenters. The van der Waals surface area contributed by atoms with Crippen molar-refractivity contribution in [2.75, 3.05) is 40.9 Å². The molecule has 69 heavy (non-hydrogen) atoms. The molecule has 0 spiro atoms. The van der Waals surface area contributed by atoms with Crippen LogP contribution in [0.1, 0.15) is 226 Å². The molecule has 0 bridgehead atoms. The van der Waals surface area contributed by atoms with Gasteiger partial charge in [0.25, 0.3) is 0 Å². The second kappa shape index (κ2) is 50.4. The number of hydrogen-bond donors (Lipinski definition) is 3. The van der Waals surface area contributed by atoms with Crippen LogP contribution in [0.15, 0.2) is 97.2 Å². The summed E-state index contributed by atoms with van der Waals surface area (Å²) in [6.07, 6.45) is 72.1. The first-order valence-corrected chi connectivity index (χ1v) is 29.6. The minimum Gasteiger partial charge on any atom is -0.387 e. The summed E-state index contributed by atoms with van der Waals surface area (Å²) < 4.78 is 23.7. The monoisotopic (exact) mass is 984 g/mol. The van der Waals surface area contributed by atoms with E-state index in [1.807, 2.05) is 27.2 Å². The molecule has 0 aliphatic heterocycles. The summed E-state index contributed by atoms with van der Waals surface area (Å²) in [5.74, 6) is -0.211. The van der Waals surface area contributed by atoms with Crippen LogP contribution in [0.25, 0.3) is 0 Å². The van der Waals surface area contributed by atoms with Crippen molar-refractivity contribution >= 4 is 13.7 Å². The normalized spacial score (nSPS) is 14.7. The summed E-state index contributed by atoms with van der Waals surface area (Å²) in [6.45, 7) is 4.68. The highest BCUT2D eigenvalue weighted by Gasteiger charge is 2.27. The Bertz CT molecular complexity index is 1440. The standard InChI is InChI=1S/C60H107N2O6P/c1-6-8-10-12-14-16-18-20-22-24-26-28-30-31-32-34-36-38-40-42-44-46-48-50-52-54-60(64)61-58(57-68-69(65,66)67-56-55-62(3,4)5)59(63)53-51-49-47-45-43-41-39-37-35-33-29-27-25-23-21-19-17-15-13-11-9-7-2/h8,10,14,16,20,22,26,28,31-32,36,38,42,44,51,53,58-59,63H,6-7,9,11-13,15,17-19,21,23-25,27,29-30,33-35,37,39-41,43,45-50,52,54-57H2,1-5H3,(H-,61,64,65,66)/p+1/b10-8-,16-14-,22-20-,28-26-,32-31-,38-36-,44-42-,53-51+. The SMILES string of the molecule is CC/C=C\C/C=C\C/C=C\C/C=C\C/C=C\C/C=C\C/C=C\CCCCCC(=O)NC(COP(=O)(O)OCC[N+](C)(C)C)C(O)/C=C/CCCCCCCCCCCCCCCCCCCCCC. The topological polar surface area (TPSA) is 105 Å². The van der Waals surface area contributed by atoms with Crippen molar-refractivity contribution < 1.29 is 32.9 Å². The summed E-state index contributed by atoms with van der Waals surface area (Å²) in [5, 5.41) is 13.9. The molecule has 0 saturated heterocycles. The number of aliphatic hydroxyl groups excluding tert-OH is 1. The third-order valence-corrected chi connectivity index (χ3v) is 13.0.